The molecule has 0 saturated heterocycles. The quantitative estimate of drug-likeness (QED) is 0.587. The molecular weight excluding hydrogens is 372 g/mol. The van der Waals surface area contributed by atoms with Crippen LogP contribution in [0.15, 0.2) is 41.3 Å². The second kappa shape index (κ2) is 6.99. The minimum Gasteiger partial charge on any atom is -0.495 e. The van der Waals surface area contributed by atoms with Crippen LogP contribution < -0.4 is 9.64 Å². The number of carbonyl (C=O) groups is 1. The molecule has 1 aliphatic rings. The Kier molecular flexibility index (Phi) is 4.88. The highest BCUT2D eigenvalue weighted by molar-refractivity contribution is 7.90. The van der Waals surface area contributed by atoms with E-state index in [-0.39, 0.29) is 21.9 Å². The van der Waals surface area contributed by atoms with Gasteiger partial charge in [0.25, 0.3) is 11.6 Å². The number of nitro benzene ring substituents is 1. The first-order valence-electron chi connectivity index (χ1n) is 8.19. The van der Waals surface area contributed by atoms with E-state index in [1.165, 1.54) is 42.3 Å². The number of nitrogens with zero attached hydrogens (tertiary/aromatic N) is 2. The van der Waals surface area contributed by atoms with E-state index in [2.05, 4.69) is 0 Å². The van der Waals surface area contributed by atoms with Gasteiger partial charge in [-0.2, -0.15) is 0 Å². The first kappa shape index (κ1) is 18.8. The molecule has 1 heterocycles. The number of non-ortho nitro benzene ring substituents is 1. The highest BCUT2D eigenvalue weighted by Gasteiger charge is 2.27. The maximum atomic E-state index is 13.0. The van der Waals surface area contributed by atoms with Crippen LogP contribution in [-0.2, 0) is 16.3 Å². The van der Waals surface area contributed by atoms with Gasteiger partial charge in [-0.25, -0.2) is 8.42 Å². The molecule has 8 nitrogen and oxygen atoms in total. The third kappa shape index (κ3) is 3.63. The molecule has 0 aliphatic carbocycles. The minimum absolute atomic E-state index is 0.0767. The van der Waals surface area contributed by atoms with E-state index in [1.807, 2.05) is 0 Å². The van der Waals surface area contributed by atoms with E-state index < -0.39 is 20.7 Å². The molecule has 0 atom stereocenters. The number of amides is 1. The Morgan fingerprint density at radius 3 is 2.59 bits per heavy atom. The number of sulfone groups is 1. The average molecular weight is 390 g/mol. The number of benzene rings is 2. The zero-order chi connectivity index (χ0) is 19.8. The average Bonchev–Trinajstić information content (AvgIpc) is 2.65. The lowest BCUT2D eigenvalue weighted by atomic mass is 10.00. The van der Waals surface area contributed by atoms with E-state index in [0.29, 0.717) is 25.1 Å². The van der Waals surface area contributed by atoms with Crippen LogP contribution in [0.25, 0.3) is 0 Å². The van der Waals surface area contributed by atoms with Gasteiger partial charge in [0.2, 0.25) is 0 Å². The summed E-state index contributed by atoms with van der Waals surface area (Å²) < 4.78 is 29.1. The van der Waals surface area contributed by atoms with Crippen molar-refractivity contribution in [1.82, 2.24) is 0 Å². The molecule has 0 saturated carbocycles. The highest BCUT2D eigenvalue weighted by Crippen LogP contribution is 2.33. The van der Waals surface area contributed by atoms with Gasteiger partial charge < -0.3 is 9.64 Å². The van der Waals surface area contributed by atoms with Crippen molar-refractivity contribution < 1.29 is 22.9 Å². The van der Waals surface area contributed by atoms with Crippen molar-refractivity contribution in [2.75, 3.05) is 24.8 Å². The van der Waals surface area contributed by atoms with E-state index in [4.69, 9.17) is 4.74 Å². The molecule has 0 aromatic heterocycles. The zero-order valence-corrected chi connectivity index (χ0v) is 15.7. The summed E-state index contributed by atoms with van der Waals surface area (Å²) in [5, 5.41) is 11.1. The van der Waals surface area contributed by atoms with Crippen LogP contribution in [0.4, 0.5) is 11.4 Å². The number of anilines is 1. The minimum atomic E-state index is -3.60. The summed E-state index contributed by atoms with van der Waals surface area (Å²) in [5.41, 5.74) is 1.41. The molecular formula is C18H18N2O6S. The standard InChI is InChI=1S/C18H18N2O6S/c1-26-16-8-6-13(10-17(16)27(2,24)25)18(21)19-9-3-4-12-5-7-14(20(22)23)11-15(12)19/h5-8,10-11H,3-4,9H2,1-2H3. The van der Waals surface area contributed by atoms with Crippen LogP contribution in [0.1, 0.15) is 22.3 Å². The summed E-state index contributed by atoms with van der Waals surface area (Å²) in [6, 6.07) is 8.66. The smallest absolute Gasteiger partial charge is 0.271 e. The molecule has 0 unspecified atom stereocenters. The number of ether oxygens (including phenoxy) is 1. The Labute approximate surface area is 156 Å². The maximum Gasteiger partial charge on any atom is 0.271 e. The molecule has 3 rings (SSSR count). The summed E-state index contributed by atoms with van der Waals surface area (Å²) >= 11 is 0. The molecule has 0 spiro atoms. The monoisotopic (exact) mass is 390 g/mol. The van der Waals surface area contributed by atoms with Gasteiger partial charge in [-0.3, -0.25) is 14.9 Å². The molecule has 1 aliphatic heterocycles. The van der Waals surface area contributed by atoms with Gasteiger partial charge in [0, 0.05) is 30.5 Å². The van der Waals surface area contributed by atoms with E-state index in [9.17, 15) is 23.3 Å². The van der Waals surface area contributed by atoms with Crippen LogP contribution in [0.2, 0.25) is 0 Å². The maximum absolute atomic E-state index is 13.0. The van der Waals surface area contributed by atoms with Crippen molar-refractivity contribution in [1.29, 1.82) is 0 Å². The number of nitro groups is 1. The molecule has 0 fully saturated rings. The molecule has 1 amide bonds. The number of hydrogen-bond donors (Lipinski definition) is 0. The Morgan fingerprint density at radius 1 is 1.22 bits per heavy atom. The SMILES string of the molecule is COc1ccc(C(=O)N2CCCc3ccc([N+](=O)[O-])cc32)cc1S(C)(=O)=O. The fourth-order valence-corrected chi connectivity index (χ4v) is 4.00. The van der Waals surface area contributed by atoms with Gasteiger partial charge in [0.15, 0.2) is 9.84 Å². The van der Waals surface area contributed by atoms with Crippen molar-refractivity contribution in [2.45, 2.75) is 17.7 Å². The number of hydrogen-bond acceptors (Lipinski definition) is 6. The van der Waals surface area contributed by atoms with Crippen LogP contribution in [0, 0.1) is 10.1 Å². The Bertz CT molecular complexity index is 1030. The van der Waals surface area contributed by atoms with E-state index in [1.54, 1.807) is 6.07 Å². The van der Waals surface area contributed by atoms with Crippen molar-refractivity contribution in [3.8, 4) is 5.75 Å². The Balaban J connectivity index is 2.06. The molecule has 0 N–H and O–H groups in total. The number of rotatable bonds is 4. The summed E-state index contributed by atoms with van der Waals surface area (Å²) in [6.45, 7) is 0.396. The number of aryl methyl sites for hydroxylation is 1. The predicted octanol–water partition coefficient (Wildman–Crippen LogP) is 2.60. The number of methoxy groups -OCH3 is 1. The lowest BCUT2D eigenvalue weighted by Gasteiger charge is -2.29. The van der Waals surface area contributed by atoms with Crippen LogP contribution in [0.3, 0.4) is 0 Å². The van der Waals surface area contributed by atoms with Crippen molar-refractivity contribution >= 4 is 27.1 Å². The van der Waals surface area contributed by atoms with Gasteiger partial charge in [-0.1, -0.05) is 6.07 Å². The van der Waals surface area contributed by atoms with Crippen molar-refractivity contribution in [2.24, 2.45) is 0 Å². The molecule has 2 aromatic rings. The lowest BCUT2D eigenvalue weighted by Crippen LogP contribution is -2.35. The molecule has 0 bridgehead atoms. The largest absolute Gasteiger partial charge is 0.495 e. The zero-order valence-electron chi connectivity index (χ0n) is 14.8. The molecule has 2 aromatic carbocycles. The predicted molar refractivity (Wildman–Crippen MR) is 99.2 cm³/mol. The fourth-order valence-electron chi connectivity index (χ4n) is 3.14. The number of fused-ring (bicyclic) bond motifs is 1. The van der Waals surface area contributed by atoms with Crippen LogP contribution in [0.5, 0.6) is 5.75 Å². The summed E-state index contributed by atoms with van der Waals surface area (Å²) in [6.07, 6.45) is 2.47. The summed E-state index contributed by atoms with van der Waals surface area (Å²) in [7, 11) is -2.24. The van der Waals surface area contributed by atoms with Crippen LogP contribution in [-0.4, -0.2) is 39.2 Å². The van der Waals surface area contributed by atoms with Crippen LogP contribution >= 0.6 is 0 Å². The second-order valence-corrected chi connectivity index (χ2v) is 8.25. The lowest BCUT2D eigenvalue weighted by molar-refractivity contribution is -0.384. The third-order valence-corrected chi connectivity index (χ3v) is 5.57. The van der Waals surface area contributed by atoms with Gasteiger partial charge in [0.05, 0.1) is 17.7 Å². The first-order chi connectivity index (χ1) is 12.7. The second-order valence-electron chi connectivity index (χ2n) is 6.27. The molecule has 142 valence electrons. The summed E-state index contributed by atoms with van der Waals surface area (Å²) in [5.74, 6) is -0.257. The van der Waals surface area contributed by atoms with Gasteiger partial charge in [-0.05, 0) is 36.6 Å². The van der Waals surface area contributed by atoms with E-state index >= 15 is 0 Å². The van der Waals surface area contributed by atoms with Crippen molar-refractivity contribution in [3.05, 3.63) is 57.6 Å². The van der Waals surface area contributed by atoms with Crippen molar-refractivity contribution in [3.63, 3.8) is 0 Å². The Morgan fingerprint density at radius 2 is 1.96 bits per heavy atom. The number of carbonyl (C=O) groups excluding carboxylic acids is 1. The molecule has 9 heteroatoms. The van der Waals surface area contributed by atoms with E-state index in [0.717, 1.165) is 11.8 Å². The Hall–Kier alpha value is -2.94. The van der Waals surface area contributed by atoms with Gasteiger partial charge >= 0.3 is 0 Å². The fraction of sp³-hybridized carbons (Fsp3) is 0.278. The molecule has 27 heavy (non-hydrogen) atoms. The van der Waals surface area contributed by atoms with Gasteiger partial charge in [-0.15, -0.1) is 0 Å². The normalized spacial score (nSPS) is 13.8. The molecule has 0 radical (unpaired) electrons. The topological polar surface area (TPSA) is 107 Å². The van der Waals surface area contributed by atoms with Gasteiger partial charge in [0.1, 0.15) is 10.6 Å². The third-order valence-electron chi connectivity index (χ3n) is 4.45. The highest BCUT2D eigenvalue weighted by atomic mass is 32.2. The summed E-state index contributed by atoms with van der Waals surface area (Å²) in [4.78, 5) is 25.0. The first-order valence-corrected chi connectivity index (χ1v) is 10.1.